The molecule has 1 amide bonds. The number of ether oxygens (including phenoxy) is 1. The van der Waals surface area contributed by atoms with Crippen LogP contribution in [0, 0.1) is 12.7 Å². The van der Waals surface area contributed by atoms with Gasteiger partial charge in [0.05, 0.1) is 12.1 Å². The van der Waals surface area contributed by atoms with Gasteiger partial charge >= 0.3 is 6.09 Å². The number of carbonyl (C=O) groups is 3. The summed E-state index contributed by atoms with van der Waals surface area (Å²) in [7, 11) is 0. The fraction of sp³-hybridized carbons (Fsp3) is 0.321. The first-order chi connectivity index (χ1) is 16.4. The highest BCUT2D eigenvalue weighted by molar-refractivity contribution is 6.03. The van der Waals surface area contributed by atoms with Crippen molar-refractivity contribution < 1.29 is 23.5 Å². The van der Waals surface area contributed by atoms with Gasteiger partial charge in [-0.3, -0.25) is 14.2 Å². The standard InChI is InChI=1S/C28H31FN2O4/c1-18(2)30(17-25(32)20-8-7-9-22(29)15-20)26(33)13-11-21-16-31(27(34)35-28(4,5)6)24-12-10-19(3)14-23(21)24/h7-16,18H,17H2,1-6H3/b13-11+. The van der Waals surface area contributed by atoms with Gasteiger partial charge in [-0.2, -0.15) is 0 Å². The number of carbonyl (C=O) groups excluding carboxylic acids is 3. The van der Waals surface area contributed by atoms with Crippen LogP contribution in [0.5, 0.6) is 0 Å². The molecule has 3 aromatic rings. The third-order valence-corrected chi connectivity index (χ3v) is 5.35. The van der Waals surface area contributed by atoms with Crippen molar-refractivity contribution in [3.63, 3.8) is 0 Å². The SMILES string of the molecule is Cc1ccc2c(c1)c(/C=C/C(=O)N(CC(=O)c1cccc(F)c1)C(C)C)cn2C(=O)OC(C)(C)C. The summed E-state index contributed by atoms with van der Waals surface area (Å²) in [6, 6.07) is 10.8. The molecule has 184 valence electrons. The molecule has 2 aromatic carbocycles. The zero-order valence-electron chi connectivity index (χ0n) is 21.0. The summed E-state index contributed by atoms with van der Waals surface area (Å²) >= 11 is 0. The molecule has 1 aromatic heterocycles. The summed E-state index contributed by atoms with van der Waals surface area (Å²) in [6.45, 7) is 10.8. The van der Waals surface area contributed by atoms with Crippen molar-refractivity contribution in [2.24, 2.45) is 0 Å². The lowest BCUT2D eigenvalue weighted by Crippen LogP contribution is -2.39. The van der Waals surface area contributed by atoms with E-state index in [1.54, 1.807) is 33.0 Å². The molecule has 0 saturated heterocycles. The van der Waals surface area contributed by atoms with E-state index in [0.29, 0.717) is 11.1 Å². The second-order valence-corrected chi connectivity index (χ2v) is 9.78. The molecule has 0 N–H and O–H groups in total. The van der Waals surface area contributed by atoms with Crippen molar-refractivity contribution in [3.05, 3.63) is 77.2 Å². The Labute approximate surface area is 205 Å². The molecule has 0 aliphatic carbocycles. The van der Waals surface area contributed by atoms with Crippen molar-refractivity contribution in [1.29, 1.82) is 0 Å². The Balaban J connectivity index is 1.89. The largest absolute Gasteiger partial charge is 0.443 e. The summed E-state index contributed by atoms with van der Waals surface area (Å²) in [4.78, 5) is 39.9. The number of halogens is 1. The summed E-state index contributed by atoms with van der Waals surface area (Å²) in [5.74, 6) is -1.22. The fourth-order valence-corrected chi connectivity index (χ4v) is 3.64. The lowest BCUT2D eigenvalue weighted by atomic mass is 10.1. The van der Waals surface area contributed by atoms with Crippen molar-refractivity contribution in [3.8, 4) is 0 Å². The Hall–Kier alpha value is -3.74. The molecule has 0 aliphatic heterocycles. The number of hydrogen-bond acceptors (Lipinski definition) is 4. The normalized spacial score (nSPS) is 11.9. The number of hydrogen-bond donors (Lipinski definition) is 0. The van der Waals surface area contributed by atoms with Crippen molar-refractivity contribution >= 4 is 34.8 Å². The van der Waals surface area contributed by atoms with E-state index < -0.39 is 17.5 Å². The Morgan fingerprint density at radius 2 is 1.83 bits per heavy atom. The lowest BCUT2D eigenvalue weighted by molar-refractivity contribution is -0.127. The summed E-state index contributed by atoms with van der Waals surface area (Å²) in [6.07, 6.45) is 4.14. The van der Waals surface area contributed by atoms with E-state index in [1.165, 1.54) is 33.7 Å². The molecular formula is C28H31FN2O4. The van der Waals surface area contributed by atoms with Gasteiger partial charge in [-0.1, -0.05) is 23.8 Å². The minimum Gasteiger partial charge on any atom is -0.443 e. The van der Waals surface area contributed by atoms with Crippen LogP contribution in [0.25, 0.3) is 17.0 Å². The number of fused-ring (bicyclic) bond motifs is 1. The average molecular weight is 479 g/mol. The predicted octanol–water partition coefficient (Wildman–Crippen LogP) is 6.01. The number of benzene rings is 2. The molecule has 0 bridgehead atoms. The molecule has 6 nitrogen and oxygen atoms in total. The van der Waals surface area contributed by atoms with Gasteiger partial charge in [0.1, 0.15) is 11.4 Å². The van der Waals surface area contributed by atoms with E-state index in [0.717, 1.165) is 17.0 Å². The van der Waals surface area contributed by atoms with Crippen LogP contribution in [0.1, 0.15) is 56.1 Å². The third kappa shape index (κ3) is 6.44. The van der Waals surface area contributed by atoms with Gasteiger partial charge in [0.15, 0.2) is 5.78 Å². The molecule has 0 atom stereocenters. The Bertz CT molecular complexity index is 1300. The minimum absolute atomic E-state index is 0.178. The van der Waals surface area contributed by atoms with Crippen LogP contribution in [-0.4, -0.2) is 45.4 Å². The van der Waals surface area contributed by atoms with Crippen LogP contribution in [0.3, 0.4) is 0 Å². The zero-order chi connectivity index (χ0) is 25.9. The van der Waals surface area contributed by atoms with E-state index in [2.05, 4.69) is 0 Å². The second-order valence-electron chi connectivity index (χ2n) is 9.78. The summed E-state index contributed by atoms with van der Waals surface area (Å²) in [5.41, 5.74) is 1.89. The van der Waals surface area contributed by atoms with E-state index in [1.807, 2.05) is 39.0 Å². The lowest BCUT2D eigenvalue weighted by Gasteiger charge is -2.24. The molecule has 0 spiro atoms. The highest BCUT2D eigenvalue weighted by atomic mass is 19.1. The number of aromatic nitrogens is 1. The fourth-order valence-electron chi connectivity index (χ4n) is 3.64. The van der Waals surface area contributed by atoms with Crippen LogP contribution >= 0.6 is 0 Å². The summed E-state index contributed by atoms with van der Waals surface area (Å²) in [5, 5.41) is 0.798. The van der Waals surface area contributed by atoms with Crippen LogP contribution in [0.2, 0.25) is 0 Å². The molecule has 0 unspecified atom stereocenters. The van der Waals surface area contributed by atoms with Gasteiger partial charge in [0.2, 0.25) is 5.91 Å². The maximum atomic E-state index is 13.5. The van der Waals surface area contributed by atoms with Gasteiger partial charge in [0.25, 0.3) is 0 Å². The summed E-state index contributed by atoms with van der Waals surface area (Å²) < 4.78 is 20.5. The number of ketones is 1. The Kier molecular flexibility index (Phi) is 7.58. The molecule has 7 heteroatoms. The predicted molar refractivity (Wildman–Crippen MR) is 135 cm³/mol. The molecule has 0 aliphatic rings. The molecule has 0 fully saturated rings. The first-order valence-corrected chi connectivity index (χ1v) is 11.5. The Morgan fingerprint density at radius 3 is 2.46 bits per heavy atom. The molecule has 0 radical (unpaired) electrons. The van der Waals surface area contributed by atoms with Crippen LogP contribution < -0.4 is 0 Å². The van der Waals surface area contributed by atoms with E-state index >= 15 is 0 Å². The smallest absolute Gasteiger partial charge is 0.419 e. The highest BCUT2D eigenvalue weighted by Crippen LogP contribution is 2.25. The molecular weight excluding hydrogens is 447 g/mol. The minimum atomic E-state index is -0.656. The number of rotatable bonds is 6. The topological polar surface area (TPSA) is 68.6 Å². The van der Waals surface area contributed by atoms with E-state index in [9.17, 15) is 18.8 Å². The van der Waals surface area contributed by atoms with E-state index in [4.69, 9.17) is 4.74 Å². The number of amides is 1. The molecule has 0 saturated carbocycles. The number of aryl methyl sites for hydroxylation is 1. The zero-order valence-corrected chi connectivity index (χ0v) is 21.0. The van der Waals surface area contributed by atoms with Crippen molar-refractivity contribution in [1.82, 2.24) is 9.47 Å². The van der Waals surface area contributed by atoms with Gasteiger partial charge in [-0.25, -0.2) is 9.18 Å². The van der Waals surface area contributed by atoms with Crippen LogP contribution in [0.15, 0.2) is 54.7 Å². The highest BCUT2D eigenvalue weighted by Gasteiger charge is 2.22. The van der Waals surface area contributed by atoms with E-state index in [-0.39, 0.29) is 29.8 Å². The number of Topliss-reactive ketones (excluding diaryl/α,β-unsaturated/α-hetero) is 1. The monoisotopic (exact) mass is 478 g/mol. The van der Waals surface area contributed by atoms with Gasteiger partial charge < -0.3 is 9.64 Å². The quantitative estimate of drug-likeness (QED) is 0.322. The second kappa shape index (κ2) is 10.3. The van der Waals surface area contributed by atoms with Crippen molar-refractivity contribution in [2.45, 2.75) is 53.2 Å². The van der Waals surface area contributed by atoms with Crippen LogP contribution in [-0.2, 0) is 9.53 Å². The maximum absolute atomic E-state index is 13.5. The third-order valence-electron chi connectivity index (χ3n) is 5.35. The molecule has 35 heavy (non-hydrogen) atoms. The first kappa shape index (κ1) is 25.9. The molecule has 1 heterocycles. The Morgan fingerprint density at radius 1 is 1.11 bits per heavy atom. The van der Waals surface area contributed by atoms with Gasteiger partial charge in [-0.05, 0) is 71.9 Å². The molecule has 3 rings (SSSR count). The number of nitrogens with zero attached hydrogens (tertiary/aromatic N) is 2. The van der Waals surface area contributed by atoms with Gasteiger partial charge in [0, 0.05) is 34.8 Å². The maximum Gasteiger partial charge on any atom is 0.419 e. The average Bonchev–Trinajstić information content (AvgIpc) is 3.12. The van der Waals surface area contributed by atoms with Crippen LogP contribution in [0.4, 0.5) is 9.18 Å². The van der Waals surface area contributed by atoms with Gasteiger partial charge in [-0.15, -0.1) is 0 Å². The van der Waals surface area contributed by atoms with Crippen molar-refractivity contribution in [2.75, 3.05) is 6.54 Å². The first-order valence-electron chi connectivity index (χ1n) is 11.5.